The van der Waals surface area contributed by atoms with Crippen molar-refractivity contribution in [3.05, 3.63) is 59.7 Å². The van der Waals surface area contributed by atoms with Gasteiger partial charge in [-0.1, -0.05) is 26.0 Å². The normalized spacial score (nSPS) is 10.8. The summed E-state index contributed by atoms with van der Waals surface area (Å²) in [6.45, 7) is 5.02. The monoisotopic (exact) mass is 274 g/mol. The third-order valence-corrected chi connectivity index (χ3v) is 2.88. The first-order valence-electron chi connectivity index (χ1n) is 6.69. The fourth-order valence-corrected chi connectivity index (χ4v) is 1.80. The van der Waals surface area contributed by atoms with Crippen molar-refractivity contribution in [3.63, 3.8) is 0 Å². The Morgan fingerprint density at radius 2 is 1.95 bits per heavy atom. The molecular formula is C16H19FN2O. The first kappa shape index (κ1) is 14.5. The summed E-state index contributed by atoms with van der Waals surface area (Å²) in [7, 11) is 0. The lowest BCUT2D eigenvalue weighted by molar-refractivity contribution is 0.285. The van der Waals surface area contributed by atoms with Crippen molar-refractivity contribution >= 4 is 0 Å². The Morgan fingerprint density at radius 1 is 1.20 bits per heavy atom. The van der Waals surface area contributed by atoms with E-state index >= 15 is 0 Å². The number of ether oxygens (including phenoxy) is 1. The molecule has 4 heteroatoms. The summed E-state index contributed by atoms with van der Waals surface area (Å²) in [5.41, 5.74) is 1.79. The third kappa shape index (κ3) is 4.03. The third-order valence-electron chi connectivity index (χ3n) is 2.88. The Hall–Kier alpha value is -1.94. The highest BCUT2D eigenvalue weighted by molar-refractivity contribution is 5.35. The van der Waals surface area contributed by atoms with E-state index < -0.39 is 0 Å². The van der Waals surface area contributed by atoms with Gasteiger partial charge >= 0.3 is 0 Å². The molecule has 1 aromatic heterocycles. The molecule has 2 aromatic rings. The second kappa shape index (κ2) is 7.01. The van der Waals surface area contributed by atoms with Crippen molar-refractivity contribution in [1.82, 2.24) is 10.3 Å². The highest BCUT2D eigenvalue weighted by atomic mass is 19.1. The van der Waals surface area contributed by atoms with Gasteiger partial charge in [0.2, 0.25) is 0 Å². The molecule has 0 spiro atoms. The van der Waals surface area contributed by atoms with Gasteiger partial charge in [-0.25, -0.2) is 4.39 Å². The number of hydrogen-bond donors (Lipinski definition) is 1. The Kier molecular flexibility index (Phi) is 5.07. The number of rotatable bonds is 6. The highest BCUT2D eigenvalue weighted by Crippen LogP contribution is 2.23. The van der Waals surface area contributed by atoms with E-state index in [0.717, 1.165) is 11.1 Å². The van der Waals surface area contributed by atoms with Gasteiger partial charge in [0.15, 0.2) is 11.6 Å². The molecule has 0 amide bonds. The second-order valence-corrected chi connectivity index (χ2v) is 4.91. The quantitative estimate of drug-likeness (QED) is 0.877. The van der Waals surface area contributed by atoms with Crippen LogP contribution in [0.15, 0.2) is 42.7 Å². The molecule has 0 aliphatic heterocycles. The smallest absolute Gasteiger partial charge is 0.165 e. The molecule has 0 unspecified atom stereocenters. The van der Waals surface area contributed by atoms with Gasteiger partial charge in [-0.2, -0.15) is 0 Å². The van der Waals surface area contributed by atoms with E-state index in [9.17, 15) is 4.39 Å². The molecule has 1 aromatic carbocycles. The van der Waals surface area contributed by atoms with E-state index in [-0.39, 0.29) is 5.82 Å². The van der Waals surface area contributed by atoms with Crippen LogP contribution in [0.2, 0.25) is 0 Å². The molecule has 106 valence electrons. The van der Waals surface area contributed by atoms with Crippen LogP contribution in [-0.4, -0.2) is 11.0 Å². The fraction of sp³-hybridized carbons (Fsp3) is 0.312. The predicted molar refractivity (Wildman–Crippen MR) is 76.9 cm³/mol. The lowest BCUT2D eigenvalue weighted by Gasteiger charge is -2.14. The zero-order valence-corrected chi connectivity index (χ0v) is 11.8. The lowest BCUT2D eigenvalue weighted by Crippen LogP contribution is -2.22. The minimum absolute atomic E-state index is 0.317. The molecule has 1 N–H and O–H groups in total. The van der Waals surface area contributed by atoms with E-state index in [4.69, 9.17) is 4.74 Å². The number of para-hydroxylation sites is 1. The maximum absolute atomic E-state index is 13.9. The molecule has 0 aliphatic carbocycles. The van der Waals surface area contributed by atoms with Crippen molar-refractivity contribution in [2.75, 3.05) is 0 Å². The van der Waals surface area contributed by atoms with Gasteiger partial charge in [0.05, 0.1) is 0 Å². The molecule has 20 heavy (non-hydrogen) atoms. The van der Waals surface area contributed by atoms with Crippen LogP contribution in [0.5, 0.6) is 5.75 Å². The van der Waals surface area contributed by atoms with Gasteiger partial charge in [0.25, 0.3) is 0 Å². The SMILES string of the molecule is CC(C)NCc1cccc(F)c1OCc1ccncc1. The van der Waals surface area contributed by atoms with Crippen LogP contribution in [0.3, 0.4) is 0 Å². The molecule has 0 bridgehead atoms. The zero-order chi connectivity index (χ0) is 14.4. The van der Waals surface area contributed by atoms with E-state index in [2.05, 4.69) is 24.1 Å². The molecule has 2 rings (SSSR count). The first-order chi connectivity index (χ1) is 9.66. The molecule has 1 heterocycles. The van der Waals surface area contributed by atoms with Gasteiger partial charge in [-0.15, -0.1) is 0 Å². The van der Waals surface area contributed by atoms with E-state index in [0.29, 0.717) is 24.9 Å². The number of aromatic nitrogens is 1. The predicted octanol–water partition coefficient (Wildman–Crippen LogP) is 3.30. The van der Waals surface area contributed by atoms with Crippen molar-refractivity contribution < 1.29 is 9.13 Å². The number of nitrogens with one attached hydrogen (secondary N) is 1. The molecule has 0 saturated carbocycles. The minimum Gasteiger partial charge on any atom is -0.485 e. The zero-order valence-electron chi connectivity index (χ0n) is 11.8. The van der Waals surface area contributed by atoms with E-state index in [1.165, 1.54) is 6.07 Å². The van der Waals surface area contributed by atoms with Gasteiger partial charge in [-0.3, -0.25) is 4.98 Å². The molecule has 0 radical (unpaired) electrons. The Bertz CT molecular complexity index is 543. The van der Waals surface area contributed by atoms with Crippen LogP contribution in [0.1, 0.15) is 25.0 Å². The maximum Gasteiger partial charge on any atom is 0.165 e. The molecule has 0 saturated heterocycles. The number of nitrogens with zero attached hydrogens (tertiary/aromatic N) is 1. The number of halogens is 1. The standard InChI is InChI=1S/C16H19FN2O/c1-12(2)19-10-14-4-3-5-15(17)16(14)20-11-13-6-8-18-9-7-13/h3-9,12,19H,10-11H2,1-2H3. The summed E-state index contributed by atoms with van der Waals surface area (Å²) < 4.78 is 19.6. The summed E-state index contributed by atoms with van der Waals surface area (Å²) in [6.07, 6.45) is 3.39. The second-order valence-electron chi connectivity index (χ2n) is 4.91. The van der Waals surface area contributed by atoms with Crippen LogP contribution >= 0.6 is 0 Å². The number of hydrogen-bond acceptors (Lipinski definition) is 3. The maximum atomic E-state index is 13.9. The van der Waals surface area contributed by atoms with Gasteiger partial charge < -0.3 is 10.1 Å². The van der Waals surface area contributed by atoms with Crippen molar-refractivity contribution in [2.24, 2.45) is 0 Å². The number of benzene rings is 1. The summed E-state index contributed by atoms with van der Waals surface area (Å²) in [4.78, 5) is 3.94. The number of pyridine rings is 1. The van der Waals surface area contributed by atoms with Gasteiger partial charge in [0.1, 0.15) is 6.61 Å². The van der Waals surface area contributed by atoms with Crippen LogP contribution in [0, 0.1) is 5.82 Å². The summed E-state index contributed by atoms with van der Waals surface area (Å²) in [6, 6.07) is 9.04. The Labute approximate surface area is 118 Å². The van der Waals surface area contributed by atoms with Crippen LogP contribution in [0.4, 0.5) is 4.39 Å². The highest BCUT2D eigenvalue weighted by Gasteiger charge is 2.10. The van der Waals surface area contributed by atoms with Crippen molar-refractivity contribution in [1.29, 1.82) is 0 Å². The minimum atomic E-state index is -0.331. The van der Waals surface area contributed by atoms with Crippen LogP contribution in [-0.2, 0) is 13.2 Å². The van der Waals surface area contributed by atoms with Crippen LogP contribution < -0.4 is 10.1 Å². The summed E-state index contributed by atoms with van der Waals surface area (Å²) in [5.74, 6) is -0.0143. The topological polar surface area (TPSA) is 34.1 Å². The Balaban J connectivity index is 2.09. The van der Waals surface area contributed by atoms with Crippen LogP contribution in [0.25, 0.3) is 0 Å². The summed E-state index contributed by atoms with van der Waals surface area (Å²) >= 11 is 0. The lowest BCUT2D eigenvalue weighted by atomic mass is 10.2. The average Bonchev–Trinajstić information content (AvgIpc) is 2.45. The largest absolute Gasteiger partial charge is 0.485 e. The average molecular weight is 274 g/mol. The van der Waals surface area contributed by atoms with Crippen molar-refractivity contribution in [3.8, 4) is 5.75 Å². The molecular weight excluding hydrogens is 255 g/mol. The molecule has 0 fully saturated rings. The van der Waals surface area contributed by atoms with E-state index in [1.54, 1.807) is 18.5 Å². The molecule has 0 atom stereocenters. The molecule has 0 aliphatic rings. The van der Waals surface area contributed by atoms with Gasteiger partial charge in [-0.05, 0) is 23.8 Å². The Morgan fingerprint density at radius 3 is 2.65 bits per heavy atom. The van der Waals surface area contributed by atoms with Crippen molar-refractivity contribution in [2.45, 2.75) is 33.0 Å². The van der Waals surface area contributed by atoms with Gasteiger partial charge in [0, 0.05) is 30.5 Å². The fourth-order valence-electron chi connectivity index (χ4n) is 1.80. The molecule has 3 nitrogen and oxygen atoms in total. The summed E-state index contributed by atoms with van der Waals surface area (Å²) in [5, 5.41) is 3.27. The van der Waals surface area contributed by atoms with E-state index in [1.807, 2.05) is 18.2 Å². The first-order valence-corrected chi connectivity index (χ1v) is 6.69.